The fourth-order valence-electron chi connectivity index (χ4n) is 1.10. The van der Waals surface area contributed by atoms with Gasteiger partial charge in [-0.25, -0.2) is 0 Å². The molecule has 86 valence electrons. The second kappa shape index (κ2) is 4.64. The molecule has 8 heteroatoms. The second-order valence-corrected chi connectivity index (χ2v) is 2.96. The summed E-state index contributed by atoms with van der Waals surface area (Å²) in [5, 5.41) is 29.2. The molecule has 16 heavy (non-hydrogen) atoms. The highest BCUT2D eigenvalue weighted by Crippen LogP contribution is 2.24. The zero-order valence-electron chi connectivity index (χ0n) is 7.98. The summed E-state index contributed by atoms with van der Waals surface area (Å²) in [4.78, 5) is 24.0. The van der Waals surface area contributed by atoms with Gasteiger partial charge in [-0.15, -0.1) is 0 Å². The average molecular weight is 227 g/mol. The number of aromatic nitrogens is 1. The molecule has 0 bridgehead atoms. The first-order valence-electron chi connectivity index (χ1n) is 4.20. The van der Waals surface area contributed by atoms with Gasteiger partial charge in [0.1, 0.15) is 11.8 Å². The third-order valence-corrected chi connectivity index (χ3v) is 1.88. The van der Waals surface area contributed by atoms with Crippen molar-refractivity contribution in [2.75, 3.05) is 0 Å². The van der Waals surface area contributed by atoms with Crippen molar-refractivity contribution >= 4 is 11.6 Å². The van der Waals surface area contributed by atoms with Crippen molar-refractivity contribution in [3.8, 4) is 0 Å². The van der Waals surface area contributed by atoms with Crippen LogP contribution in [0.2, 0.25) is 0 Å². The van der Waals surface area contributed by atoms with E-state index in [4.69, 9.17) is 10.8 Å². The van der Waals surface area contributed by atoms with E-state index in [2.05, 4.69) is 4.98 Å². The number of carbonyl (C=O) groups is 1. The van der Waals surface area contributed by atoms with Crippen LogP contribution in [0.15, 0.2) is 18.3 Å². The number of hydrogen-bond acceptors (Lipinski definition) is 6. The molecule has 1 aromatic heterocycles. The summed E-state index contributed by atoms with van der Waals surface area (Å²) >= 11 is 0. The van der Waals surface area contributed by atoms with Gasteiger partial charge in [0.05, 0.1) is 4.92 Å². The molecule has 0 aliphatic carbocycles. The van der Waals surface area contributed by atoms with Gasteiger partial charge in [-0.1, -0.05) is 0 Å². The Kier molecular flexibility index (Phi) is 3.48. The number of primary amides is 1. The van der Waals surface area contributed by atoms with Crippen molar-refractivity contribution in [3.05, 3.63) is 34.1 Å². The predicted octanol–water partition coefficient (Wildman–Crippen LogP) is -1.13. The van der Waals surface area contributed by atoms with Crippen LogP contribution in [0.4, 0.5) is 5.69 Å². The standard InChI is InChI=1S/C8H9N3O5/c9-8(14)7(13)6(12)5-4(11(15)16)2-1-3-10-5/h1-3,6-7,12-13H,(H2,9,14). The van der Waals surface area contributed by atoms with Gasteiger partial charge in [-0.2, -0.15) is 0 Å². The minimum Gasteiger partial charge on any atom is -0.383 e. The topological polar surface area (TPSA) is 140 Å². The Morgan fingerprint density at radius 1 is 1.56 bits per heavy atom. The molecule has 0 radical (unpaired) electrons. The molecule has 1 amide bonds. The van der Waals surface area contributed by atoms with Gasteiger partial charge >= 0.3 is 0 Å². The van der Waals surface area contributed by atoms with Gasteiger partial charge in [-0.05, 0) is 6.07 Å². The summed E-state index contributed by atoms with van der Waals surface area (Å²) in [5.41, 5.74) is 3.86. The predicted molar refractivity (Wildman–Crippen MR) is 51.1 cm³/mol. The van der Waals surface area contributed by atoms with Gasteiger partial charge in [0.2, 0.25) is 5.91 Å². The van der Waals surface area contributed by atoms with Crippen molar-refractivity contribution in [1.29, 1.82) is 0 Å². The normalized spacial score (nSPS) is 14.1. The van der Waals surface area contributed by atoms with Gasteiger partial charge in [-0.3, -0.25) is 19.9 Å². The number of pyridine rings is 1. The molecule has 0 saturated heterocycles. The minimum absolute atomic E-state index is 0.404. The van der Waals surface area contributed by atoms with Crippen LogP contribution in [0.5, 0.6) is 0 Å². The Hall–Kier alpha value is -2.06. The third-order valence-electron chi connectivity index (χ3n) is 1.88. The minimum atomic E-state index is -1.94. The van der Waals surface area contributed by atoms with Crippen molar-refractivity contribution in [1.82, 2.24) is 4.98 Å². The molecule has 0 fully saturated rings. The molecule has 0 spiro atoms. The molecule has 2 atom stereocenters. The summed E-state index contributed by atoms with van der Waals surface area (Å²) < 4.78 is 0. The lowest BCUT2D eigenvalue weighted by atomic mass is 10.1. The van der Waals surface area contributed by atoms with E-state index in [1.165, 1.54) is 12.3 Å². The van der Waals surface area contributed by atoms with E-state index >= 15 is 0 Å². The van der Waals surface area contributed by atoms with Crippen LogP contribution in [0.1, 0.15) is 11.8 Å². The Balaban J connectivity index is 3.12. The fraction of sp³-hybridized carbons (Fsp3) is 0.250. The molecule has 8 nitrogen and oxygen atoms in total. The molecule has 1 heterocycles. The molecule has 0 aliphatic rings. The molecule has 4 N–H and O–H groups in total. The first-order chi connectivity index (χ1) is 7.45. The number of aliphatic hydroxyl groups excluding tert-OH is 2. The largest absolute Gasteiger partial charge is 0.383 e. The first kappa shape index (κ1) is 12.0. The molecule has 0 aromatic carbocycles. The number of nitro groups is 1. The van der Waals surface area contributed by atoms with E-state index in [9.17, 15) is 20.0 Å². The van der Waals surface area contributed by atoms with Gasteiger partial charge in [0, 0.05) is 12.3 Å². The second-order valence-electron chi connectivity index (χ2n) is 2.96. The Morgan fingerprint density at radius 2 is 2.19 bits per heavy atom. The Morgan fingerprint density at radius 3 is 2.69 bits per heavy atom. The zero-order valence-corrected chi connectivity index (χ0v) is 7.98. The maximum Gasteiger partial charge on any atom is 0.293 e. The molecule has 2 unspecified atom stereocenters. The van der Waals surface area contributed by atoms with E-state index in [0.717, 1.165) is 6.07 Å². The number of nitrogens with two attached hydrogens (primary N) is 1. The van der Waals surface area contributed by atoms with Crippen LogP contribution < -0.4 is 5.73 Å². The highest BCUT2D eigenvalue weighted by molar-refractivity contribution is 5.79. The number of nitrogens with zero attached hydrogens (tertiary/aromatic N) is 2. The van der Waals surface area contributed by atoms with Crippen LogP contribution in [-0.2, 0) is 4.79 Å². The quantitative estimate of drug-likeness (QED) is 0.439. The van der Waals surface area contributed by atoms with Crippen molar-refractivity contribution in [3.63, 3.8) is 0 Å². The molecule has 1 aromatic rings. The van der Waals surface area contributed by atoms with E-state index in [0.29, 0.717) is 0 Å². The van der Waals surface area contributed by atoms with Crippen molar-refractivity contribution in [2.45, 2.75) is 12.2 Å². The van der Waals surface area contributed by atoms with Crippen LogP contribution >= 0.6 is 0 Å². The smallest absolute Gasteiger partial charge is 0.293 e. The maximum absolute atomic E-state index is 10.6. The molecular formula is C8H9N3O5. The maximum atomic E-state index is 10.6. The summed E-state index contributed by atoms with van der Waals surface area (Å²) in [6.45, 7) is 0. The van der Waals surface area contributed by atoms with Gasteiger partial charge < -0.3 is 15.9 Å². The van der Waals surface area contributed by atoms with E-state index in [1.54, 1.807) is 0 Å². The molecule has 0 aliphatic heterocycles. The summed E-state index contributed by atoms with van der Waals surface area (Å²) in [6, 6.07) is 2.39. The highest BCUT2D eigenvalue weighted by atomic mass is 16.6. The summed E-state index contributed by atoms with van der Waals surface area (Å²) in [7, 11) is 0. The summed E-state index contributed by atoms with van der Waals surface area (Å²) in [5.74, 6) is -1.19. The van der Waals surface area contributed by atoms with E-state index < -0.39 is 34.4 Å². The number of amides is 1. The average Bonchev–Trinajstić information content (AvgIpc) is 2.26. The monoisotopic (exact) mass is 227 g/mol. The van der Waals surface area contributed by atoms with Gasteiger partial charge in [0.25, 0.3) is 5.69 Å². The number of hydrogen-bond donors (Lipinski definition) is 3. The number of rotatable bonds is 4. The van der Waals surface area contributed by atoms with Crippen molar-refractivity contribution < 1.29 is 19.9 Å². The Bertz CT molecular complexity index is 422. The highest BCUT2D eigenvalue weighted by Gasteiger charge is 2.30. The Labute approximate surface area is 89.5 Å². The van der Waals surface area contributed by atoms with Crippen LogP contribution in [0.25, 0.3) is 0 Å². The van der Waals surface area contributed by atoms with Gasteiger partial charge in [0.15, 0.2) is 6.10 Å². The first-order valence-corrected chi connectivity index (χ1v) is 4.20. The van der Waals surface area contributed by atoms with E-state index in [1.807, 2.05) is 0 Å². The SMILES string of the molecule is NC(=O)C(O)C(O)c1ncccc1[N+](=O)[O-]. The molecular weight excluding hydrogens is 218 g/mol. The van der Waals surface area contributed by atoms with Crippen LogP contribution in [0.3, 0.4) is 0 Å². The van der Waals surface area contributed by atoms with Crippen LogP contribution in [-0.4, -0.2) is 32.1 Å². The lowest BCUT2D eigenvalue weighted by molar-refractivity contribution is -0.386. The third kappa shape index (κ3) is 2.30. The fourth-order valence-corrected chi connectivity index (χ4v) is 1.10. The zero-order chi connectivity index (χ0) is 12.3. The summed E-state index contributed by atoms with van der Waals surface area (Å²) in [6.07, 6.45) is -2.56. The molecule has 0 saturated carbocycles. The lowest BCUT2D eigenvalue weighted by Crippen LogP contribution is -2.34. The van der Waals surface area contributed by atoms with Crippen molar-refractivity contribution in [2.24, 2.45) is 5.73 Å². The number of carbonyl (C=O) groups excluding carboxylic acids is 1. The number of aliphatic hydroxyl groups is 2. The lowest BCUT2D eigenvalue weighted by Gasteiger charge is -2.13. The van der Waals surface area contributed by atoms with Crippen LogP contribution in [0, 0.1) is 10.1 Å². The van der Waals surface area contributed by atoms with E-state index in [-0.39, 0.29) is 0 Å². The molecule has 1 rings (SSSR count).